The quantitative estimate of drug-likeness (QED) is 0.713. The van der Waals surface area contributed by atoms with Crippen molar-refractivity contribution in [3.63, 3.8) is 0 Å². The highest BCUT2D eigenvalue weighted by molar-refractivity contribution is 4.89. The summed E-state index contributed by atoms with van der Waals surface area (Å²) in [6.07, 6.45) is 1.77. The van der Waals surface area contributed by atoms with Crippen molar-refractivity contribution in [3.05, 3.63) is 11.9 Å². The summed E-state index contributed by atoms with van der Waals surface area (Å²) in [5.41, 5.74) is 0.819. The van der Waals surface area contributed by atoms with Gasteiger partial charge in [-0.05, 0) is 5.41 Å². The topological polar surface area (TPSA) is 50.9 Å². The second kappa shape index (κ2) is 3.23. The Morgan fingerprint density at radius 3 is 2.58 bits per heavy atom. The van der Waals surface area contributed by atoms with Crippen LogP contribution in [0.1, 0.15) is 26.5 Å². The van der Waals surface area contributed by atoms with E-state index >= 15 is 0 Å². The lowest BCUT2D eigenvalue weighted by Crippen LogP contribution is -2.15. The third kappa shape index (κ3) is 2.62. The molecular formula is C8H15N3O. The Morgan fingerprint density at radius 2 is 2.17 bits per heavy atom. The van der Waals surface area contributed by atoms with Crippen LogP contribution in [0.3, 0.4) is 0 Å². The maximum absolute atomic E-state index is 8.73. The highest BCUT2D eigenvalue weighted by atomic mass is 16.3. The van der Waals surface area contributed by atoms with Crippen LogP contribution >= 0.6 is 0 Å². The van der Waals surface area contributed by atoms with Crippen molar-refractivity contribution in [1.29, 1.82) is 0 Å². The Balaban J connectivity index is 2.64. The average Bonchev–Trinajstić information content (AvgIpc) is 2.32. The summed E-state index contributed by atoms with van der Waals surface area (Å²) in [5, 5.41) is 16.4. The molecule has 1 heterocycles. The molecule has 1 rings (SSSR count). The van der Waals surface area contributed by atoms with Gasteiger partial charge in [-0.15, -0.1) is 5.10 Å². The summed E-state index contributed by atoms with van der Waals surface area (Å²) in [4.78, 5) is 0. The fourth-order valence-electron chi connectivity index (χ4n) is 0.974. The van der Waals surface area contributed by atoms with Crippen LogP contribution in [0.15, 0.2) is 6.20 Å². The molecule has 0 saturated heterocycles. The molecule has 0 aromatic carbocycles. The molecule has 4 nitrogen and oxygen atoms in total. The monoisotopic (exact) mass is 169 g/mol. The molecule has 0 aliphatic carbocycles. The lowest BCUT2D eigenvalue weighted by atomic mass is 9.97. The fourth-order valence-corrected chi connectivity index (χ4v) is 0.974. The molecule has 0 amide bonds. The van der Waals surface area contributed by atoms with Crippen LogP contribution in [-0.4, -0.2) is 20.1 Å². The van der Waals surface area contributed by atoms with E-state index in [2.05, 4.69) is 31.1 Å². The zero-order valence-corrected chi connectivity index (χ0v) is 7.78. The van der Waals surface area contributed by atoms with E-state index in [0.29, 0.717) is 5.69 Å². The van der Waals surface area contributed by atoms with Gasteiger partial charge >= 0.3 is 0 Å². The second-order valence-electron chi connectivity index (χ2n) is 4.13. The molecule has 4 heteroatoms. The predicted molar refractivity (Wildman–Crippen MR) is 45.4 cm³/mol. The summed E-state index contributed by atoms with van der Waals surface area (Å²) in [6, 6.07) is 0. The largest absolute Gasteiger partial charge is 0.390 e. The molecule has 0 fully saturated rings. The molecule has 0 saturated carbocycles. The molecule has 1 aromatic heterocycles. The normalized spacial score (nSPS) is 12.0. The number of hydrogen-bond acceptors (Lipinski definition) is 3. The van der Waals surface area contributed by atoms with Crippen LogP contribution in [0, 0.1) is 5.41 Å². The first-order chi connectivity index (χ1) is 5.51. The van der Waals surface area contributed by atoms with Crippen LogP contribution in [0.4, 0.5) is 0 Å². The van der Waals surface area contributed by atoms with Gasteiger partial charge in [0.05, 0.1) is 12.8 Å². The lowest BCUT2D eigenvalue weighted by Gasteiger charge is -2.16. The van der Waals surface area contributed by atoms with Crippen molar-refractivity contribution in [2.45, 2.75) is 33.9 Å². The second-order valence-corrected chi connectivity index (χ2v) is 4.13. The van der Waals surface area contributed by atoms with Crippen LogP contribution in [-0.2, 0) is 13.2 Å². The summed E-state index contributed by atoms with van der Waals surface area (Å²) in [7, 11) is 0. The maximum atomic E-state index is 8.73. The predicted octanol–water partition coefficient (Wildman–Crippen LogP) is 0.817. The standard InChI is InChI=1S/C8H15N3O/c1-8(2,3)6-11-4-7(5-12)9-10-11/h4,12H,5-6H2,1-3H3. The minimum Gasteiger partial charge on any atom is -0.390 e. The molecule has 1 aromatic rings. The fraction of sp³-hybridized carbons (Fsp3) is 0.750. The van der Waals surface area contributed by atoms with Crippen LogP contribution < -0.4 is 0 Å². The Kier molecular flexibility index (Phi) is 2.47. The van der Waals surface area contributed by atoms with E-state index in [1.165, 1.54) is 0 Å². The van der Waals surface area contributed by atoms with E-state index in [9.17, 15) is 0 Å². The van der Waals surface area contributed by atoms with Gasteiger partial charge < -0.3 is 5.11 Å². The first-order valence-corrected chi connectivity index (χ1v) is 4.01. The van der Waals surface area contributed by atoms with Crippen LogP contribution in [0.25, 0.3) is 0 Å². The number of aliphatic hydroxyl groups is 1. The molecule has 12 heavy (non-hydrogen) atoms. The Labute approximate surface area is 72.2 Å². The van der Waals surface area contributed by atoms with Gasteiger partial charge in [0.1, 0.15) is 5.69 Å². The number of hydrogen-bond donors (Lipinski definition) is 1. The highest BCUT2D eigenvalue weighted by Gasteiger charge is 2.12. The van der Waals surface area contributed by atoms with Crippen molar-refractivity contribution >= 4 is 0 Å². The maximum Gasteiger partial charge on any atom is 0.108 e. The van der Waals surface area contributed by atoms with E-state index in [4.69, 9.17) is 5.11 Å². The van der Waals surface area contributed by atoms with Crippen molar-refractivity contribution in [1.82, 2.24) is 15.0 Å². The van der Waals surface area contributed by atoms with Crippen LogP contribution in [0.5, 0.6) is 0 Å². The van der Waals surface area contributed by atoms with E-state index in [0.717, 1.165) is 6.54 Å². The molecule has 0 radical (unpaired) electrons. The molecule has 0 aliphatic heterocycles. The minimum absolute atomic E-state index is 0.0376. The van der Waals surface area contributed by atoms with Crippen molar-refractivity contribution in [2.24, 2.45) is 5.41 Å². The summed E-state index contributed by atoms with van der Waals surface area (Å²) < 4.78 is 1.76. The first kappa shape index (κ1) is 9.19. The highest BCUT2D eigenvalue weighted by Crippen LogP contribution is 2.15. The number of aliphatic hydroxyl groups excluding tert-OH is 1. The Hall–Kier alpha value is -0.900. The third-order valence-electron chi connectivity index (χ3n) is 1.38. The Bertz CT molecular complexity index is 249. The van der Waals surface area contributed by atoms with Crippen molar-refractivity contribution in [2.75, 3.05) is 0 Å². The number of nitrogens with zero attached hydrogens (tertiary/aromatic N) is 3. The smallest absolute Gasteiger partial charge is 0.108 e. The van der Waals surface area contributed by atoms with Gasteiger partial charge in [0.25, 0.3) is 0 Å². The van der Waals surface area contributed by atoms with Crippen molar-refractivity contribution in [3.8, 4) is 0 Å². The SMILES string of the molecule is CC(C)(C)Cn1cc(CO)nn1. The zero-order valence-electron chi connectivity index (χ0n) is 7.78. The van der Waals surface area contributed by atoms with Crippen LogP contribution in [0.2, 0.25) is 0 Å². The first-order valence-electron chi connectivity index (χ1n) is 4.01. The molecule has 1 N–H and O–H groups in total. The van der Waals surface area contributed by atoms with Gasteiger partial charge in [0.15, 0.2) is 0 Å². The number of rotatable bonds is 2. The molecule has 0 spiro atoms. The molecular weight excluding hydrogens is 154 g/mol. The van der Waals surface area contributed by atoms with Gasteiger partial charge in [0, 0.05) is 6.54 Å². The molecule has 68 valence electrons. The summed E-state index contributed by atoms with van der Waals surface area (Å²) >= 11 is 0. The van der Waals surface area contributed by atoms with Crippen molar-refractivity contribution < 1.29 is 5.11 Å². The molecule has 0 aliphatic rings. The zero-order chi connectivity index (χ0) is 9.19. The van der Waals surface area contributed by atoms with E-state index in [1.807, 2.05) is 0 Å². The minimum atomic E-state index is -0.0376. The Morgan fingerprint density at radius 1 is 1.50 bits per heavy atom. The molecule has 0 unspecified atom stereocenters. The summed E-state index contributed by atoms with van der Waals surface area (Å²) in [6.45, 7) is 7.18. The van der Waals surface area contributed by atoms with Gasteiger partial charge in [-0.25, -0.2) is 0 Å². The third-order valence-corrected chi connectivity index (χ3v) is 1.38. The van der Waals surface area contributed by atoms with E-state index < -0.39 is 0 Å². The van der Waals surface area contributed by atoms with Gasteiger partial charge in [0.2, 0.25) is 0 Å². The average molecular weight is 169 g/mol. The van der Waals surface area contributed by atoms with Gasteiger partial charge in [-0.2, -0.15) is 0 Å². The van der Waals surface area contributed by atoms with E-state index in [-0.39, 0.29) is 12.0 Å². The van der Waals surface area contributed by atoms with Gasteiger partial charge in [-0.1, -0.05) is 26.0 Å². The molecule has 0 bridgehead atoms. The van der Waals surface area contributed by atoms with Gasteiger partial charge in [-0.3, -0.25) is 4.68 Å². The van der Waals surface area contributed by atoms with E-state index in [1.54, 1.807) is 10.9 Å². The lowest BCUT2D eigenvalue weighted by molar-refractivity contribution is 0.276. The molecule has 0 atom stereocenters. The summed E-state index contributed by atoms with van der Waals surface area (Å²) in [5.74, 6) is 0. The number of aromatic nitrogens is 3.